The van der Waals surface area contributed by atoms with Crippen molar-refractivity contribution >= 4 is 21.7 Å². The van der Waals surface area contributed by atoms with Gasteiger partial charge in [0.15, 0.2) is 23.0 Å². The maximum Gasteiger partial charge on any atom is 0.341 e. The Kier molecular flexibility index (Phi) is 10.3. The van der Waals surface area contributed by atoms with Crippen molar-refractivity contribution in [1.29, 1.82) is 0 Å². The molecule has 6 rings (SSSR count). The Morgan fingerprint density at radius 1 is 0.922 bits per heavy atom. The Morgan fingerprint density at radius 2 is 1.63 bits per heavy atom. The van der Waals surface area contributed by atoms with Crippen LogP contribution in [0.2, 0.25) is 0 Å². The zero-order valence-corrected chi connectivity index (χ0v) is 29.1. The van der Waals surface area contributed by atoms with Gasteiger partial charge in [0.2, 0.25) is 17.3 Å². The first-order valence-electron chi connectivity index (χ1n) is 16.0. The molecule has 2 atom stereocenters. The molecule has 1 saturated heterocycles. The topological polar surface area (TPSA) is 189 Å². The number of aliphatic hydroxyl groups excluding tert-OH is 1. The number of aliphatic hydroxyl groups is 2. The largest absolute Gasteiger partial charge is 0.497 e. The highest BCUT2D eigenvalue weighted by Crippen LogP contribution is 2.53. The van der Waals surface area contributed by atoms with Crippen LogP contribution in [-0.2, 0) is 35.6 Å². The first-order valence-corrected chi connectivity index (χ1v) is 17.4. The molecule has 3 aliphatic rings. The SMILES string of the molecule is COc1ccc(C(CO)(C2(O)OC(=O)C(c3ccc4c(c3)OCO4)=C2Cc2cc(OC)c(OC)c(OCCN3CCOCC3)c2)S(=O)(=O)O)cc1. The molecule has 2 unspecified atom stereocenters. The highest BCUT2D eigenvalue weighted by molar-refractivity contribution is 7.87. The van der Waals surface area contributed by atoms with Crippen molar-refractivity contribution in [2.45, 2.75) is 17.0 Å². The van der Waals surface area contributed by atoms with E-state index < -0.39 is 33.2 Å². The monoisotopic (exact) mass is 729 g/mol. The van der Waals surface area contributed by atoms with Gasteiger partial charge in [-0.25, -0.2) is 4.79 Å². The second-order valence-electron chi connectivity index (χ2n) is 12.0. The van der Waals surface area contributed by atoms with Crippen LogP contribution in [0.1, 0.15) is 16.7 Å². The van der Waals surface area contributed by atoms with Gasteiger partial charge in [0.25, 0.3) is 15.9 Å². The number of ether oxygens (including phenoxy) is 8. The van der Waals surface area contributed by atoms with Crippen LogP contribution in [0.4, 0.5) is 0 Å². The standard InChI is InChI=1S/C35H39NO14S/c1-43-25-7-5-24(6-8-25)34(20-37,51(40,41)42)35(39)26(31(33(38)50-35)23-4-9-27-28(19-23)49-21-48-27)16-22-17-29(44-2)32(45-3)30(18-22)47-15-12-36-10-13-46-14-11-36/h4-9,17-19,37,39H,10-16,20-21H2,1-3H3,(H,40,41,42). The van der Waals surface area contributed by atoms with E-state index in [1.54, 1.807) is 18.2 Å². The van der Waals surface area contributed by atoms with Crippen LogP contribution in [0.3, 0.4) is 0 Å². The van der Waals surface area contributed by atoms with E-state index in [0.29, 0.717) is 42.6 Å². The van der Waals surface area contributed by atoms with Gasteiger partial charge in [0, 0.05) is 31.6 Å². The van der Waals surface area contributed by atoms with Gasteiger partial charge >= 0.3 is 5.97 Å². The zero-order valence-electron chi connectivity index (χ0n) is 28.2. The number of methoxy groups -OCH3 is 3. The molecular formula is C35H39NO14S. The summed E-state index contributed by atoms with van der Waals surface area (Å²) in [6.07, 6.45) is -0.361. The molecule has 0 aliphatic carbocycles. The minimum Gasteiger partial charge on any atom is -0.497 e. The van der Waals surface area contributed by atoms with Crippen molar-refractivity contribution < 1.29 is 65.9 Å². The predicted octanol–water partition coefficient (Wildman–Crippen LogP) is 2.17. The number of rotatable bonds is 14. The van der Waals surface area contributed by atoms with Crippen LogP contribution in [-0.4, -0.2) is 114 Å². The van der Waals surface area contributed by atoms with Crippen molar-refractivity contribution in [3.63, 3.8) is 0 Å². The molecule has 15 nitrogen and oxygen atoms in total. The molecule has 16 heteroatoms. The van der Waals surface area contributed by atoms with E-state index in [9.17, 15) is 28.0 Å². The van der Waals surface area contributed by atoms with E-state index in [1.165, 1.54) is 57.7 Å². The summed E-state index contributed by atoms with van der Waals surface area (Å²) in [5.41, 5.74) is -0.242. The Hall–Kier alpha value is -4.58. The molecular weight excluding hydrogens is 690 g/mol. The number of morpholine rings is 1. The first kappa shape index (κ1) is 36.2. The summed E-state index contributed by atoms with van der Waals surface area (Å²) in [5.74, 6) is -2.47. The highest BCUT2D eigenvalue weighted by Gasteiger charge is 2.68. The summed E-state index contributed by atoms with van der Waals surface area (Å²) in [6, 6.07) is 13.0. The second kappa shape index (κ2) is 14.6. The molecule has 3 aliphatic heterocycles. The molecule has 0 bridgehead atoms. The smallest absolute Gasteiger partial charge is 0.341 e. The van der Waals surface area contributed by atoms with Gasteiger partial charge in [0.05, 0.1) is 46.7 Å². The summed E-state index contributed by atoms with van der Waals surface area (Å²) in [6.45, 7) is 2.14. The van der Waals surface area contributed by atoms with E-state index in [4.69, 9.17) is 37.9 Å². The molecule has 0 saturated carbocycles. The molecule has 0 amide bonds. The fraction of sp³-hybridized carbons (Fsp3) is 0.400. The fourth-order valence-corrected chi connectivity index (χ4v) is 7.70. The lowest BCUT2D eigenvalue weighted by Crippen LogP contribution is -2.60. The lowest BCUT2D eigenvalue weighted by atomic mass is 9.81. The lowest BCUT2D eigenvalue weighted by Gasteiger charge is -2.41. The van der Waals surface area contributed by atoms with E-state index in [2.05, 4.69) is 4.90 Å². The number of esters is 1. The normalized spacial score (nSPS) is 20.2. The number of hydrogen-bond acceptors (Lipinski definition) is 14. The molecule has 3 aromatic carbocycles. The molecule has 0 spiro atoms. The van der Waals surface area contributed by atoms with E-state index in [0.717, 1.165) is 13.1 Å². The van der Waals surface area contributed by atoms with E-state index in [-0.39, 0.29) is 59.3 Å². The summed E-state index contributed by atoms with van der Waals surface area (Å²) in [7, 11) is -1.22. The van der Waals surface area contributed by atoms with Crippen molar-refractivity contribution in [3.8, 4) is 34.5 Å². The number of carbonyl (C=O) groups excluding carboxylic acids is 1. The molecule has 0 aromatic heterocycles. The van der Waals surface area contributed by atoms with Gasteiger partial charge < -0.3 is 48.1 Å². The average molecular weight is 730 g/mol. The Labute approximate surface area is 294 Å². The molecule has 0 radical (unpaired) electrons. The summed E-state index contributed by atoms with van der Waals surface area (Å²) in [4.78, 5) is 16.1. The summed E-state index contributed by atoms with van der Waals surface area (Å²) >= 11 is 0. The molecule has 3 N–H and O–H groups in total. The number of fused-ring (bicyclic) bond motifs is 1. The maximum absolute atomic E-state index is 13.9. The van der Waals surface area contributed by atoms with Crippen LogP contribution in [0, 0.1) is 0 Å². The number of nitrogens with zero attached hydrogens (tertiary/aromatic N) is 1. The minimum atomic E-state index is -5.49. The van der Waals surface area contributed by atoms with Crippen LogP contribution in [0.25, 0.3) is 5.57 Å². The van der Waals surface area contributed by atoms with Crippen LogP contribution < -0.4 is 28.4 Å². The number of benzene rings is 3. The zero-order chi connectivity index (χ0) is 36.4. The number of carbonyl (C=O) groups is 1. The van der Waals surface area contributed by atoms with E-state index in [1.807, 2.05) is 0 Å². The molecule has 51 heavy (non-hydrogen) atoms. The average Bonchev–Trinajstić information content (AvgIpc) is 3.69. The Morgan fingerprint density at radius 3 is 2.27 bits per heavy atom. The first-order chi connectivity index (χ1) is 24.5. The molecule has 3 aromatic rings. The Balaban J connectivity index is 1.51. The molecule has 1 fully saturated rings. The number of cyclic esters (lactones) is 1. The van der Waals surface area contributed by atoms with Crippen LogP contribution in [0.5, 0.6) is 34.5 Å². The minimum absolute atomic E-state index is 0.0626. The fourth-order valence-electron chi connectivity index (χ4n) is 6.58. The van der Waals surface area contributed by atoms with Gasteiger partial charge in [-0.05, 0) is 53.1 Å². The van der Waals surface area contributed by atoms with Crippen molar-refractivity contribution in [1.82, 2.24) is 4.90 Å². The third kappa shape index (κ3) is 6.54. The van der Waals surface area contributed by atoms with Crippen molar-refractivity contribution in [3.05, 3.63) is 76.9 Å². The van der Waals surface area contributed by atoms with Gasteiger partial charge in [-0.15, -0.1) is 0 Å². The lowest BCUT2D eigenvalue weighted by molar-refractivity contribution is -0.200. The second-order valence-corrected chi connectivity index (χ2v) is 13.6. The van der Waals surface area contributed by atoms with Gasteiger partial charge in [-0.1, -0.05) is 18.2 Å². The molecule has 3 heterocycles. The quantitative estimate of drug-likeness (QED) is 0.162. The van der Waals surface area contributed by atoms with Crippen molar-refractivity contribution in [2.24, 2.45) is 0 Å². The maximum atomic E-state index is 13.9. The summed E-state index contributed by atoms with van der Waals surface area (Å²) < 4.78 is 79.5. The molecule has 274 valence electrons. The van der Waals surface area contributed by atoms with Gasteiger partial charge in [0.1, 0.15) is 12.4 Å². The summed E-state index contributed by atoms with van der Waals surface area (Å²) in [5, 5.41) is 23.5. The predicted molar refractivity (Wildman–Crippen MR) is 180 cm³/mol. The third-order valence-electron chi connectivity index (χ3n) is 9.24. The van der Waals surface area contributed by atoms with Crippen LogP contribution in [0.15, 0.2) is 60.2 Å². The van der Waals surface area contributed by atoms with Crippen LogP contribution >= 0.6 is 0 Å². The highest BCUT2D eigenvalue weighted by atomic mass is 32.2. The third-order valence-corrected chi connectivity index (χ3v) is 10.8. The van der Waals surface area contributed by atoms with Crippen molar-refractivity contribution in [2.75, 3.05) is 74.2 Å². The van der Waals surface area contributed by atoms with Gasteiger partial charge in [-0.2, -0.15) is 8.42 Å². The number of hydrogen-bond donors (Lipinski definition) is 3. The Bertz CT molecular complexity index is 1910. The van der Waals surface area contributed by atoms with E-state index >= 15 is 0 Å². The van der Waals surface area contributed by atoms with Gasteiger partial charge in [-0.3, -0.25) is 9.45 Å².